The molecule has 0 bridgehead atoms. The molecule has 0 aromatic carbocycles. The normalized spacial score (nSPS) is 13.9. The molecule has 1 amide bonds. The molecule has 0 aliphatic rings. The molecule has 0 heterocycles. The van der Waals surface area contributed by atoms with Gasteiger partial charge in [-0.1, -0.05) is 289 Å². The SMILES string of the molecule is CCCCCCCCCCC/C=C/CC/C=C/CCCC(O)C(O)C(CO)NC(=O)C(O)CCCCCCCCCCCCCCCCCCCCCCCCCCCCCCCCC. The molecular formula is C59H115NO5. The Bertz CT molecular complexity index is 986. The van der Waals surface area contributed by atoms with E-state index in [9.17, 15) is 25.2 Å². The van der Waals surface area contributed by atoms with Gasteiger partial charge in [-0.3, -0.25) is 4.79 Å². The minimum absolute atomic E-state index is 0.365. The van der Waals surface area contributed by atoms with E-state index in [0.717, 1.165) is 38.5 Å². The standard InChI is InChI=1S/C59H115NO5/c1-3-5-7-9-11-13-15-17-19-21-23-24-25-26-27-28-29-30-31-32-33-34-35-37-39-41-43-45-47-49-51-53-57(63)59(65)60-55(54-61)58(64)56(62)52-50-48-46-44-42-40-38-36-22-20-18-16-14-12-10-8-6-4-2/h36,38,44,46,55-58,61-64H,3-35,37,39-43,45,47-54H2,1-2H3,(H,60,65)/b38-36+,46-44+. The number of unbranched alkanes of at least 4 members (excludes halogenated alkanes) is 41. The predicted molar refractivity (Wildman–Crippen MR) is 284 cm³/mol. The van der Waals surface area contributed by atoms with Crippen molar-refractivity contribution in [1.29, 1.82) is 0 Å². The van der Waals surface area contributed by atoms with Gasteiger partial charge in [0.15, 0.2) is 0 Å². The van der Waals surface area contributed by atoms with Crippen molar-refractivity contribution in [1.82, 2.24) is 5.32 Å². The number of nitrogens with one attached hydrogen (secondary N) is 1. The molecule has 5 N–H and O–H groups in total. The zero-order chi connectivity index (χ0) is 47.4. The van der Waals surface area contributed by atoms with Crippen molar-refractivity contribution in [3.05, 3.63) is 24.3 Å². The summed E-state index contributed by atoms with van der Waals surface area (Å²) in [5.74, 6) is -0.592. The van der Waals surface area contributed by atoms with Gasteiger partial charge in [-0.25, -0.2) is 0 Å². The molecule has 4 atom stereocenters. The Balaban J connectivity index is 3.59. The summed E-state index contributed by atoms with van der Waals surface area (Å²) >= 11 is 0. The van der Waals surface area contributed by atoms with Crippen LogP contribution in [-0.2, 0) is 4.79 Å². The highest BCUT2D eigenvalue weighted by Gasteiger charge is 2.28. The summed E-state index contributed by atoms with van der Waals surface area (Å²) in [6.07, 6.45) is 65.5. The molecule has 0 aliphatic heterocycles. The molecule has 4 unspecified atom stereocenters. The van der Waals surface area contributed by atoms with Gasteiger partial charge in [-0.05, 0) is 51.4 Å². The molecule has 0 saturated heterocycles. The lowest BCUT2D eigenvalue weighted by atomic mass is 10.00. The van der Waals surface area contributed by atoms with Crippen LogP contribution < -0.4 is 5.32 Å². The van der Waals surface area contributed by atoms with Gasteiger partial charge >= 0.3 is 0 Å². The fourth-order valence-corrected chi connectivity index (χ4v) is 9.31. The lowest BCUT2D eigenvalue weighted by Gasteiger charge is -2.27. The fraction of sp³-hybridized carbons (Fsp3) is 0.915. The van der Waals surface area contributed by atoms with E-state index < -0.39 is 36.9 Å². The maximum Gasteiger partial charge on any atom is 0.249 e. The van der Waals surface area contributed by atoms with Crippen LogP contribution in [0.4, 0.5) is 0 Å². The largest absolute Gasteiger partial charge is 0.394 e. The molecule has 0 saturated carbocycles. The van der Waals surface area contributed by atoms with E-state index in [1.165, 1.54) is 244 Å². The average molecular weight is 919 g/mol. The minimum Gasteiger partial charge on any atom is -0.394 e. The summed E-state index contributed by atoms with van der Waals surface area (Å²) in [6, 6.07) is -1.01. The third kappa shape index (κ3) is 47.6. The molecule has 0 aliphatic carbocycles. The lowest BCUT2D eigenvalue weighted by Crippen LogP contribution is -2.53. The Morgan fingerprint density at radius 3 is 0.969 bits per heavy atom. The zero-order valence-electron chi connectivity index (χ0n) is 43.8. The summed E-state index contributed by atoms with van der Waals surface area (Å²) in [4.78, 5) is 12.6. The maximum absolute atomic E-state index is 12.6. The number of hydrogen-bond donors (Lipinski definition) is 5. The van der Waals surface area contributed by atoms with Gasteiger partial charge in [0.1, 0.15) is 12.2 Å². The first-order chi connectivity index (χ1) is 32.0. The Kier molecular flexibility index (Phi) is 52.7. The molecular weight excluding hydrogens is 803 g/mol. The van der Waals surface area contributed by atoms with Crippen molar-refractivity contribution in [2.75, 3.05) is 6.61 Å². The van der Waals surface area contributed by atoms with Crippen LogP contribution in [0.3, 0.4) is 0 Å². The quantitative estimate of drug-likeness (QED) is 0.0308. The van der Waals surface area contributed by atoms with Crippen LogP contribution in [0, 0.1) is 0 Å². The van der Waals surface area contributed by atoms with Gasteiger partial charge in [-0.2, -0.15) is 0 Å². The maximum atomic E-state index is 12.6. The number of carbonyl (C=O) groups excluding carboxylic acids is 1. The van der Waals surface area contributed by atoms with Crippen LogP contribution in [0.25, 0.3) is 0 Å². The summed E-state index contributed by atoms with van der Waals surface area (Å²) in [5, 5.41) is 43.9. The monoisotopic (exact) mass is 918 g/mol. The van der Waals surface area contributed by atoms with E-state index in [0.29, 0.717) is 19.3 Å². The van der Waals surface area contributed by atoms with Gasteiger partial charge in [0.05, 0.1) is 18.8 Å². The highest BCUT2D eigenvalue weighted by atomic mass is 16.3. The molecule has 386 valence electrons. The summed E-state index contributed by atoms with van der Waals surface area (Å²) < 4.78 is 0. The van der Waals surface area contributed by atoms with Crippen molar-refractivity contribution in [3.63, 3.8) is 0 Å². The first kappa shape index (κ1) is 63.8. The molecule has 6 heteroatoms. The average Bonchev–Trinajstić information content (AvgIpc) is 3.31. The van der Waals surface area contributed by atoms with E-state index in [-0.39, 0.29) is 0 Å². The Morgan fingerprint density at radius 2 is 0.646 bits per heavy atom. The molecule has 0 rings (SSSR count). The van der Waals surface area contributed by atoms with Crippen LogP contribution in [0.5, 0.6) is 0 Å². The van der Waals surface area contributed by atoms with Crippen LogP contribution in [0.2, 0.25) is 0 Å². The van der Waals surface area contributed by atoms with E-state index >= 15 is 0 Å². The molecule has 0 radical (unpaired) electrons. The highest BCUT2D eigenvalue weighted by Crippen LogP contribution is 2.18. The van der Waals surface area contributed by atoms with Crippen molar-refractivity contribution in [2.24, 2.45) is 0 Å². The molecule has 0 fully saturated rings. The number of aliphatic hydroxyl groups is 4. The summed E-state index contributed by atoms with van der Waals surface area (Å²) in [7, 11) is 0. The highest BCUT2D eigenvalue weighted by molar-refractivity contribution is 5.80. The smallest absolute Gasteiger partial charge is 0.249 e. The second kappa shape index (κ2) is 53.7. The third-order valence-corrected chi connectivity index (χ3v) is 13.9. The van der Waals surface area contributed by atoms with Crippen LogP contribution in [0.1, 0.15) is 316 Å². The van der Waals surface area contributed by atoms with Gasteiger partial charge in [0, 0.05) is 0 Å². The van der Waals surface area contributed by atoms with Crippen LogP contribution in [-0.4, -0.2) is 57.3 Å². The van der Waals surface area contributed by atoms with E-state index in [4.69, 9.17) is 0 Å². The van der Waals surface area contributed by atoms with Crippen molar-refractivity contribution < 1.29 is 25.2 Å². The molecule has 0 aromatic rings. The Morgan fingerprint density at radius 1 is 0.369 bits per heavy atom. The Labute approximate surface area is 405 Å². The minimum atomic E-state index is -1.29. The van der Waals surface area contributed by atoms with E-state index in [2.05, 4.69) is 43.5 Å². The molecule has 0 aromatic heterocycles. The van der Waals surface area contributed by atoms with E-state index in [1.54, 1.807) is 0 Å². The van der Waals surface area contributed by atoms with Crippen molar-refractivity contribution in [3.8, 4) is 0 Å². The van der Waals surface area contributed by atoms with Gasteiger partial charge < -0.3 is 25.7 Å². The van der Waals surface area contributed by atoms with Crippen molar-refractivity contribution in [2.45, 2.75) is 340 Å². The third-order valence-electron chi connectivity index (χ3n) is 13.9. The van der Waals surface area contributed by atoms with Gasteiger partial charge in [-0.15, -0.1) is 0 Å². The van der Waals surface area contributed by atoms with Crippen LogP contribution in [0.15, 0.2) is 24.3 Å². The molecule has 65 heavy (non-hydrogen) atoms. The first-order valence-corrected chi connectivity index (χ1v) is 29.2. The van der Waals surface area contributed by atoms with Gasteiger partial charge in [0.2, 0.25) is 5.91 Å². The number of rotatable bonds is 54. The zero-order valence-corrected chi connectivity index (χ0v) is 43.8. The lowest BCUT2D eigenvalue weighted by molar-refractivity contribution is -0.132. The number of aliphatic hydroxyl groups excluding tert-OH is 4. The second-order valence-corrected chi connectivity index (χ2v) is 20.3. The predicted octanol–water partition coefficient (Wildman–Crippen LogP) is 17.0. The fourth-order valence-electron chi connectivity index (χ4n) is 9.31. The molecule has 6 nitrogen and oxygen atoms in total. The summed E-state index contributed by atoms with van der Waals surface area (Å²) in [6.45, 7) is 4.07. The number of hydrogen-bond acceptors (Lipinski definition) is 5. The van der Waals surface area contributed by atoms with E-state index in [1.807, 2.05) is 0 Å². The second-order valence-electron chi connectivity index (χ2n) is 20.3. The molecule has 0 spiro atoms. The number of carbonyl (C=O) groups is 1. The number of allylic oxidation sites excluding steroid dienone is 4. The topological polar surface area (TPSA) is 110 Å². The summed E-state index contributed by atoms with van der Waals surface area (Å²) in [5.41, 5.74) is 0. The first-order valence-electron chi connectivity index (χ1n) is 29.2. The Hall–Kier alpha value is -1.21. The number of amides is 1. The van der Waals surface area contributed by atoms with Crippen molar-refractivity contribution >= 4 is 5.91 Å². The van der Waals surface area contributed by atoms with Crippen LogP contribution >= 0.6 is 0 Å². The van der Waals surface area contributed by atoms with Gasteiger partial charge in [0.25, 0.3) is 0 Å².